The van der Waals surface area contributed by atoms with E-state index in [1.54, 1.807) is 6.07 Å². The zero-order valence-corrected chi connectivity index (χ0v) is 15.3. The van der Waals surface area contributed by atoms with Crippen molar-refractivity contribution < 1.29 is 19.2 Å². The summed E-state index contributed by atoms with van der Waals surface area (Å²) < 4.78 is 11.1. The summed E-state index contributed by atoms with van der Waals surface area (Å²) in [6.07, 6.45) is 2.10. The lowest BCUT2D eigenvalue weighted by molar-refractivity contribution is 0.0410. The van der Waals surface area contributed by atoms with Gasteiger partial charge in [-0.25, -0.2) is 0 Å². The molecule has 3 heterocycles. The van der Waals surface area contributed by atoms with Crippen LogP contribution in [0.3, 0.4) is 0 Å². The smallest absolute Gasteiger partial charge is 0.273 e. The fraction of sp³-hybridized carbons (Fsp3) is 0.500. The van der Waals surface area contributed by atoms with Gasteiger partial charge in [-0.05, 0) is 30.4 Å². The number of likely N-dealkylation sites (tertiary alicyclic amines) is 1. The summed E-state index contributed by atoms with van der Waals surface area (Å²) in [6.45, 7) is 3.31. The van der Waals surface area contributed by atoms with E-state index in [-0.39, 0.29) is 23.8 Å². The highest BCUT2D eigenvalue weighted by Crippen LogP contribution is 2.26. The van der Waals surface area contributed by atoms with Gasteiger partial charge in [0.2, 0.25) is 0 Å². The number of ether oxygens (including phenoxy) is 1. The predicted octanol–water partition coefficient (Wildman–Crippen LogP) is 1.68. The molecule has 1 aromatic heterocycles. The molecular formula is C20H25N3O4. The molecule has 1 aromatic carbocycles. The van der Waals surface area contributed by atoms with Gasteiger partial charge in [0, 0.05) is 25.7 Å². The number of hydrogen-bond acceptors (Lipinski definition) is 6. The van der Waals surface area contributed by atoms with Crippen LogP contribution in [0.2, 0.25) is 0 Å². The van der Waals surface area contributed by atoms with Crippen LogP contribution < -0.4 is 5.32 Å². The van der Waals surface area contributed by atoms with Gasteiger partial charge in [0.1, 0.15) is 6.10 Å². The molecular weight excluding hydrogens is 346 g/mol. The standard InChI is InChI=1S/C20H25N3O4/c24-15-5-8-23(9-6-15)13-16-11-18(22-27-16)20(25)21-12-19-17-4-2-1-3-14(17)7-10-26-19/h1-4,11,15,19,24H,5-10,12-13H2,(H,21,25). The number of nitrogens with zero attached hydrogens (tertiary/aromatic N) is 2. The molecule has 0 radical (unpaired) electrons. The Balaban J connectivity index is 1.31. The Labute approximate surface area is 158 Å². The summed E-state index contributed by atoms with van der Waals surface area (Å²) in [6, 6.07) is 9.87. The number of aromatic nitrogens is 1. The van der Waals surface area contributed by atoms with E-state index in [9.17, 15) is 9.90 Å². The molecule has 2 N–H and O–H groups in total. The van der Waals surface area contributed by atoms with Crippen molar-refractivity contribution >= 4 is 5.91 Å². The molecule has 0 bridgehead atoms. The summed E-state index contributed by atoms with van der Waals surface area (Å²) in [5, 5.41) is 16.4. The van der Waals surface area contributed by atoms with E-state index in [4.69, 9.17) is 9.26 Å². The minimum absolute atomic E-state index is 0.134. The van der Waals surface area contributed by atoms with Crippen molar-refractivity contribution in [3.05, 3.63) is 52.9 Å². The molecule has 7 heteroatoms. The Morgan fingerprint density at radius 3 is 2.96 bits per heavy atom. The number of amides is 1. The third-order valence-electron chi connectivity index (χ3n) is 5.27. The Morgan fingerprint density at radius 1 is 1.30 bits per heavy atom. The van der Waals surface area contributed by atoms with E-state index in [1.807, 2.05) is 12.1 Å². The molecule has 2 aliphatic rings. The number of piperidine rings is 1. The first-order chi connectivity index (χ1) is 13.2. The second-order valence-corrected chi connectivity index (χ2v) is 7.20. The fourth-order valence-corrected chi connectivity index (χ4v) is 3.71. The van der Waals surface area contributed by atoms with Crippen LogP contribution in [-0.2, 0) is 17.7 Å². The molecule has 27 heavy (non-hydrogen) atoms. The number of aliphatic hydroxyl groups excluding tert-OH is 1. The minimum Gasteiger partial charge on any atom is -0.393 e. The maximum absolute atomic E-state index is 12.4. The molecule has 144 valence electrons. The van der Waals surface area contributed by atoms with Crippen LogP contribution in [0.4, 0.5) is 0 Å². The molecule has 1 amide bonds. The van der Waals surface area contributed by atoms with E-state index in [2.05, 4.69) is 27.5 Å². The molecule has 1 atom stereocenters. The van der Waals surface area contributed by atoms with Gasteiger partial charge in [-0.1, -0.05) is 29.4 Å². The monoisotopic (exact) mass is 371 g/mol. The second kappa shape index (κ2) is 8.21. The summed E-state index contributed by atoms with van der Waals surface area (Å²) in [7, 11) is 0. The minimum atomic E-state index is -0.259. The molecule has 2 aromatic rings. The van der Waals surface area contributed by atoms with Crippen LogP contribution >= 0.6 is 0 Å². The molecule has 1 fully saturated rings. The summed E-state index contributed by atoms with van der Waals surface area (Å²) in [5.41, 5.74) is 2.70. The Morgan fingerprint density at radius 2 is 2.11 bits per heavy atom. The molecule has 4 rings (SSSR count). The number of benzene rings is 1. The third kappa shape index (κ3) is 4.37. The Hall–Kier alpha value is -2.22. The number of carbonyl (C=O) groups is 1. The largest absolute Gasteiger partial charge is 0.393 e. The zero-order chi connectivity index (χ0) is 18.6. The average Bonchev–Trinajstić information content (AvgIpc) is 3.16. The lowest BCUT2D eigenvalue weighted by atomic mass is 9.97. The van der Waals surface area contributed by atoms with E-state index < -0.39 is 0 Å². The number of aliphatic hydroxyl groups is 1. The van der Waals surface area contributed by atoms with Crippen LogP contribution in [0.5, 0.6) is 0 Å². The van der Waals surface area contributed by atoms with Gasteiger partial charge in [0.25, 0.3) is 5.91 Å². The van der Waals surface area contributed by atoms with Gasteiger partial charge in [0.15, 0.2) is 11.5 Å². The zero-order valence-electron chi connectivity index (χ0n) is 15.3. The van der Waals surface area contributed by atoms with Gasteiger partial charge < -0.3 is 19.7 Å². The van der Waals surface area contributed by atoms with Gasteiger partial charge >= 0.3 is 0 Å². The van der Waals surface area contributed by atoms with Crippen molar-refractivity contribution in [2.75, 3.05) is 26.2 Å². The Bertz CT molecular complexity index is 783. The number of carbonyl (C=O) groups excluding carboxylic acids is 1. The number of nitrogens with one attached hydrogen (secondary N) is 1. The first kappa shape index (κ1) is 18.2. The highest BCUT2D eigenvalue weighted by molar-refractivity contribution is 5.92. The second-order valence-electron chi connectivity index (χ2n) is 7.20. The maximum atomic E-state index is 12.4. The molecule has 0 aliphatic carbocycles. The molecule has 1 unspecified atom stereocenters. The van der Waals surface area contributed by atoms with E-state index >= 15 is 0 Å². The number of rotatable bonds is 5. The maximum Gasteiger partial charge on any atom is 0.273 e. The quantitative estimate of drug-likeness (QED) is 0.831. The lowest BCUT2D eigenvalue weighted by Crippen LogP contribution is -2.35. The van der Waals surface area contributed by atoms with Crippen LogP contribution in [0, 0.1) is 0 Å². The predicted molar refractivity (Wildman–Crippen MR) is 98.2 cm³/mol. The first-order valence-corrected chi connectivity index (χ1v) is 9.52. The highest BCUT2D eigenvalue weighted by Gasteiger charge is 2.23. The fourth-order valence-electron chi connectivity index (χ4n) is 3.71. The van der Waals surface area contributed by atoms with Crippen molar-refractivity contribution in [3.63, 3.8) is 0 Å². The van der Waals surface area contributed by atoms with E-state index in [0.29, 0.717) is 25.5 Å². The molecule has 1 saturated heterocycles. The van der Waals surface area contributed by atoms with Gasteiger partial charge in [-0.15, -0.1) is 0 Å². The normalized spacial score (nSPS) is 21.0. The van der Waals surface area contributed by atoms with Gasteiger partial charge in [0.05, 0.1) is 19.3 Å². The lowest BCUT2D eigenvalue weighted by Gasteiger charge is -2.28. The molecule has 0 spiro atoms. The SMILES string of the molecule is O=C(NCC1OCCc2ccccc21)c1cc(CN2CCC(O)CC2)on1. The summed E-state index contributed by atoms with van der Waals surface area (Å²) in [5.74, 6) is 0.404. The van der Waals surface area contributed by atoms with Crippen molar-refractivity contribution in [2.45, 2.75) is 38.0 Å². The topological polar surface area (TPSA) is 87.8 Å². The highest BCUT2D eigenvalue weighted by atomic mass is 16.5. The van der Waals surface area contributed by atoms with Crippen LogP contribution in [-0.4, -0.2) is 53.4 Å². The van der Waals surface area contributed by atoms with Crippen molar-refractivity contribution in [2.24, 2.45) is 0 Å². The van der Waals surface area contributed by atoms with Crippen molar-refractivity contribution in [1.82, 2.24) is 15.4 Å². The van der Waals surface area contributed by atoms with Crippen molar-refractivity contribution in [3.8, 4) is 0 Å². The van der Waals surface area contributed by atoms with Crippen molar-refractivity contribution in [1.29, 1.82) is 0 Å². The average molecular weight is 371 g/mol. The van der Waals surface area contributed by atoms with E-state index in [1.165, 1.54) is 5.56 Å². The summed E-state index contributed by atoms with van der Waals surface area (Å²) in [4.78, 5) is 14.6. The van der Waals surface area contributed by atoms with E-state index in [0.717, 1.165) is 37.9 Å². The van der Waals surface area contributed by atoms with Gasteiger partial charge in [-0.2, -0.15) is 0 Å². The number of hydrogen-bond donors (Lipinski definition) is 2. The van der Waals surface area contributed by atoms with Gasteiger partial charge in [-0.3, -0.25) is 9.69 Å². The third-order valence-corrected chi connectivity index (χ3v) is 5.27. The van der Waals surface area contributed by atoms with Crippen LogP contribution in [0.25, 0.3) is 0 Å². The Kier molecular flexibility index (Phi) is 5.52. The van der Waals surface area contributed by atoms with Crippen LogP contribution in [0.1, 0.15) is 46.3 Å². The molecule has 2 aliphatic heterocycles. The first-order valence-electron chi connectivity index (χ1n) is 9.52. The molecule has 7 nitrogen and oxygen atoms in total. The summed E-state index contributed by atoms with van der Waals surface area (Å²) >= 11 is 0. The number of fused-ring (bicyclic) bond motifs is 1. The van der Waals surface area contributed by atoms with Crippen LogP contribution in [0.15, 0.2) is 34.9 Å². The molecule has 0 saturated carbocycles.